The number of aromatic nitrogens is 8. The Morgan fingerprint density at radius 1 is 0.711 bits per heavy atom. The van der Waals surface area contributed by atoms with E-state index >= 15 is 0 Å². The molecule has 4 aromatic heterocycles. The molecule has 0 saturated carbocycles. The van der Waals surface area contributed by atoms with Gasteiger partial charge in [-0.1, -0.05) is 74.4 Å². The van der Waals surface area contributed by atoms with Crippen molar-refractivity contribution < 1.29 is 8.39 Å². The number of hydrogen-bond donors (Lipinski definition) is 3. The Kier molecular flexibility index (Phi) is 7.18. The molecule has 12 heteroatoms. The van der Waals surface area contributed by atoms with Gasteiger partial charge < -0.3 is 4.18 Å². The van der Waals surface area contributed by atoms with Gasteiger partial charge in [-0.3, -0.25) is 14.9 Å². The third-order valence-electron chi connectivity index (χ3n) is 7.75. The first-order valence-corrected chi connectivity index (χ1v) is 16.1. The fourth-order valence-corrected chi connectivity index (χ4v) is 5.56. The fourth-order valence-electron chi connectivity index (χ4n) is 4.86. The van der Waals surface area contributed by atoms with Crippen LogP contribution in [0.5, 0.6) is 5.75 Å². The molecule has 0 fully saturated rings. The molecule has 4 heterocycles. The zero-order chi connectivity index (χ0) is 32.5. The van der Waals surface area contributed by atoms with Gasteiger partial charge in [0, 0.05) is 45.5 Å². The van der Waals surface area contributed by atoms with Gasteiger partial charge in [0.2, 0.25) is 0 Å². The number of benzene rings is 2. The highest BCUT2D eigenvalue weighted by molar-refractivity contribution is 7.82. The van der Waals surface area contributed by atoms with Crippen LogP contribution in [0.3, 0.4) is 0 Å². The van der Waals surface area contributed by atoms with Crippen LogP contribution in [0, 0.1) is 6.92 Å². The maximum absolute atomic E-state index is 13.3. The molecule has 0 amide bonds. The molecule has 11 nitrogen and oxygen atoms in total. The lowest BCUT2D eigenvalue weighted by molar-refractivity contribution is 0.552. The van der Waals surface area contributed by atoms with E-state index in [0.717, 1.165) is 22.5 Å². The van der Waals surface area contributed by atoms with Crippen molar-refractivity contribution in [2.45, 2.75) is 85.5 Å². The SMILES string of the molecule is Cc1ccc(C(C)(C)C)cc1OS(=O)Nc1cc(-c2nc3cc(C(C)(C)C)[nH]n3n2)cc(-c2nc3cc(C(C)(C)C)[nH]n3n2)c1. The minimum Gasteiger partial charge on any atom is -0.385 e. The predicted octanol–water partition coefficient (Wildman–Crippen LogP) is 7.03. The average Bonchev–Trinajstić information content (AvgIpc) is 3.67. The van der Waals surface area contributed by atoms with Crippen molar-refractivity contribution in [3.8, 4) is 28.5 Å². The first-order valence-electron chi connectivity index (χ1n) is 15.0. The van der Waals surface area contributed by atoms with Crippen LogP contribution in [0.25, 0.3) is 34.1 Å². The minimum atomic E-state index is -1.89. The van der Waals surface area contributed by atoms with Gasteiger partial charge >= 0.3 is 11.3 Å². The van der Waals surface area contributed by atoms with E-state index in [2.05, 4.69) is 83.3 Å². The Bertz CT molecular complexity index is 1890. The lowest BCUT2D eigenvalue weighted by atomic mass is 9.86. The highest BCUT2D eigenvalue weighted by Gasteiger charge is 2.22. The summed E-state index contributed by atoms with van der Waals surface area (Å²) in [5.41, 5.74) is 7.22. The number of nitrogens with one attached hydrogen (secondary N) is 3. The molecule has 2 aromatic carbocycles. The fraction of sp³-hybridized carbons (Fsp3) is 0.394. The van der Waals surface area contributed by atoms with Gasteiger partial charge in [-0.05, 0) is 47.7 Å². The normalized spacial score (nSPS) is 13.6. The van der Waals surface area contributed by atoms with Crippen LogP contribution in [0.1, 0.15) is 84.8 Å². The number of aromatic amines is 2. The molecule has 45 heavy (non-hydrogen) atoms. The Balaban J connectivity index is 1.37. The summed E-state index contributed by atoms with van der Waals surface area (Å²) in [6, 6.07) is 15.6. The topological polar surface area (TPSA) is 130 Å². The van der Waals surface area contributed by atoms with Crippen molar-refractivity contribution in [3.05, 3.63) is 71.0 Å². The zero-order valence-corrected chi connectivity index (χ0v) is 28.3. The third kappa shape index (κ3) is 6.24. The van der Waals surface area contributed by atoms with Gasteiger partial charge in [0.05, 0.1) is 5.69 Å². The van der Waals surface area contributed by atoms with E-state index in [-0.39, 0.29) is 16.2 Å². The van der Waals surface area contributed by atoms with Gasteiger partial charge in [-0.2, -0.15) is 13.5 Å². The van der Waals surface area contributed by atoms with E-state index in [1.165, 1.54) is 0 Å². The lowest BCUT2D eigenvalue weighted by Gasteiger charge is -2.20. The molecule has 0 saturated heterocycles. The molecule has 0 aliphatic rings. The molecule has 3 N–H and O–H groups in total. The monoisotopic (exact) mass is 627 g/mol. The molecule has 0 radical (unpaired) electrons. The molecule has 0 aliphatic carbocycles. The number of fused-ring (bicyclic) bond motifs is 2. The summed E-state index contributed by atoms with van der Waals surface area (Å²) in [6.45, 7) is 21.1. The van der Waals surface area contributed by atoms with E-state index in [0.29, 0.717) is 45.5 Å². The molecule has 0 spiro atoms. The van der Waals surface area contributed by atoms with Crippen LogP contribution >= 0.6 is 0 Å². The van der Waals surface area contributed by atoms with Crippen LogP contribution < -0.4 is 8.91 Å². The van der Waals surface area contributed by atoms with Crippen molar-refractivity contribution in [2.75, 3.05) is 4.72 Å². The summed E-state index contributed by atoms with van der Waals surface area (Å²) in [4.78, 5) is 9.58. The predicted molar refractivity (Wildman–Crippen MR) is 179 cm³/mol. The quantitative estimate of drug-likeness (QED) is 0.182. The van der Waals surface area contributed by atoms with Crippen molar-refractivity contribution in [1.82, 2.24) is 39.6 Å². The van der Waals surface area contributed by atoms with Crippen molar-refractivity contribution in [1.29, 1.82) is 0 Å². The third-order valence-corrected chi connectivity index (χ3v) is 8.48. The summed E-state index contributed by atoms with van der Waals surface area (Å²) in [5.74, 6) is 1.57. The van der Waals surface area contributed by atoms with Gasteiger partial charge in [-0.15, -0.1) is 10.2 Å². The van der Waals surface area contributed by atoms with Crippen LogP contribution in [0.4, 0.5) is 5.69 Å². The van der Waals surface area contributed by atoms with E-state index in [9.17, 15) is 4.21 Å². The highest BCUT2D eigenvalue weighted by Crippen LogP contribution is 2.32. The van der Waals surface area contributed by atoms with Crippen molar-refractivity contribution >= 4 is 28.2 Å². The molecular formula is C33H41N9O2S. The summed E-state index contributed by atoms with van der Waals surface area (Å²) in [7, 11) is 0. The Morgan fingerprint density at radius 2 is 1.22 bits per heavy atom. The second-order valence-electron chi connectivity index (χ2n) is 14.7. The van der Waals surface area contributed by atoms with Crippen LogP contribution in [0.2, 0.25) is 0 Å². The molecule has 1 atom stereocenters. The number of aryl methyl sites for hydroxylation is 1. The van der Waals surface area contributed by atoms with E-state index in [1.54, 1.807) is 9.26 Å². The summed E-state index contributed by atoms with van der Waals surface area (Å²) in [6.07, 6.45) is 0. The Hall–Kier alpha value is -4.45. The lowest BCUT2D eigenvalue weighted by Crippen LogP contribution is -2.14. The molecular weight excluding hydrogens is 586 g/mol. The summed E-state index contributed by atoms with van der Waals surface area (Å²) in [5, 5.41) is 16.1. The molecule has 236 valence electrons. The first kappa shape index (κ1) is 30.6. The van der Waals surface area contributed by atoms with Gasteiger partial charge in [-0.25, -0.2) is 9.97 Å². The number of H-pyrrole nitrogens is 2. The maximum atomic E-state index is 13.3. The second kappa shape index (κ2) is 10.6. The smallest absolute Gasteiger partial charge is 0.316 e. The number of hydrogen-bond acceptors (Lipinski definition) is 6. The average molecular weight is 628 g/mol. The van der Waals surface area contributed by atoms with Crippen molar-refractivity contribution in [2.24, 2.45) is 0 Å². The molecule has 0 bridgehead atoms. The van der Waals surface area contributed by atoms with Crippen LogP contribution in [0.15, 0.2) is 48.5 Å². The number of anilines is 1. The molecule has 0 aliphatic heterocycles. The first-order chi connectivity index (χ1) is 20.9. The van der Waals surface area contributed by atoms with Gasteiger partial charge in [0.1, 0.15) is 5.75 Å². The largest absolute Gasteiger partial charge is 0.385 e. The summed E-state index contributed by atoms with van der Waals surface area (Å²) >= 11 is -1.89. The molecule has 6 rings (SSSR count). The van der Waals surface area contributed by atoms with Crippen LogP contribution in [-0.2, 0) is 27.5 Å². The molecule has 6 aromatic rings. The van der Waals surface area contributed by atoms with Gasteiger partial charge in [0.25, 0.3) is 0 Å². The molecule has 1 unspecified atom stereocenters. The highest BCUT2D eigenvalue weighted by atomic mass is 32.2. The Morgan fingerprint density at radius 3 is 1.67 bits per heavy atom. The standard InChI is InChI=1S/C33H41N9O2S/c1-19-11-12-22(31(2,3)4)16-24(19)44-45(43)40-23-14-20(29-34-27-17-25(32(5,6)7)36-41(27)38-29)13-21(15-23)30-35-28-18-26(33(8,9)10)37-42(28)39-30/h11-18,36-37,40H,1-10H3. The number of rotatable bonds is 6. The van der Waals surface area contributed by atoms with Crippen molar-refractivity contribution in [3.63, 3.8) is 0 Å². The zero-order valence-electron chi connectivity index (χ0n) is 27.5. The summed E-state index contributed by atoms with van der Waals surface area (Å²) < 4.78 is 25.6. The Labute approximate surface area is 265 Å². The second-order valence-corrected chi connectivity index (χ2v) is 15.5. The van der Waals surface area contributed by atoms with E-state index in [4.69, 9.17) is 24.3 Å². The maximum Gasteiger partial charge on any atom is 0.316 e. The minimum absolute atomic E-state index is 0.0725. The van der Waals surface area contributed by atoms with E-state index in [1.807, 2.05) is 49.4 Å². The number of nitrogens with zero attached hydrogens (tertiary/aromatic N) is 6. The van der Waals surface area contributed by atoms with E-state index < -0.39 is 11.3 Å². The van der Waals surface area contributed by atoms with Gasteiger partial charge in [0.15, 0.2) is 22.9 Å². The van der Waals surface area contributed by atoms with Crippen LogP contribution in [-0.4, -0.2) is 43.8 Å².